The Labute approximate surface area is 298 Å². The van der Waals surface area contributed by atoms with E-state index in [2.05, 4.69) is 84.7 Å². The molecule has 241 valence electrons. The second-order valence-corrected chi connectivity index (χ2v) is 12.0. The molecule has 0 spiro atoms. The van der Waals surface area contributed by atoms with Crippen molar-refractivity contribution < 1.29 is 28.6 Å². The van der Waals surface area contributed by atoms with Crippen molar-refractivity contribution in [1.82, 2.24) is 24.5 Å². The molecule has 48 heavy (non-hydrogen) atoms. The molecule has 0 saturated heterocycles. The fraction of sp³-hybridized carbons (Fsp3) is 0.171. The predicted octanol–water partition coefficient (Wildman–Crippen LogP) is 10.3. The van der Waals surface area contributed by atoms with E-state index in [1.807, 2.05) is 42.5 Å². The summed E-state index contributed by atoms with van der Waals surface area (Å²) >= 11 is 0. The summed E-state index contributed by atoms with van der Waals surface area (Å²) in [5.41, 5.74) is 9.22. The molecule has 8 aromatic rings. The van der Waals surface area contributed by atoms with Crippen LogP contribution < -0.4 is 0 Å². The van der Waals surface area contributed by atoms with E-state index in [1.165, 1.54) is 17.3 Å². The van der Waals surface area contributed by atoms with E-state index in [4.69, 9.17) is 18.5 Å². The number of hydrogen-bond acceptors (Lipinski definition) is 5. The summed E-state index contributed by atoms with van der Waals surface area (Å²) in [6, 6.07) is 35.8. The molecular formula is C41H35IrN5O-2. The molecule has 0 bridgehead atoms. The number of hydrogen-bond donors (Lipinski definition) is 0. The van der Waals surface area contributed by atoms with Crippen LogP contribution in [0.2, 0.25) is 0 Å². The first-order valence-corrected chi connectivity index (χ1v) is 15.7. The first-order chi connectivity index (χ1) is 24.1. The van der Waals surface area contributed by atoms with E-state index in [-0.39, 0.29) is 25.7 Å². The Balaban J connectivity index is 0.000000222. The van der Waals surface area contributed by atoms with Crippen molar-refractivity contribution in [2.45, 2.75) is 46.4 Å². The molecule has 0 amide bonds. The summed E-state index contributed by atoms with van der Waals surface area (Å²) in [7, 11) is 0. The van der Waals surface area contributed by atoms with E-state index >= 15 is 0 Å². The van der Waals surface area contributed by atoms with Crippen molar-refractivity contribution >= 4 is 33.2 Å². The van der Waals surface area contributed by atoms with Crippen LogP contribution >= 0.6 is 0 Å². The summed E-state index contributed by atoms with van der Waals surface area (Å²) in [6.45, 7) is 6.80. The van der Waals surface area contributed by atoms with Crippen molar-refractivity contribution in [3.63, 3.8) is 0 Å². The van der Waals surface area contributed by atoms with Crippen molar-refractivity contribution in [2.75, 3.05) is 0 Å². The number of furan rings is 1. The molecule has 7 heteroatoms. The Hall–Kier alpha value is -4.97. The van der Waals surface area contributed by atoms with E-state index in [9.17, 15) is 0 Å². The van der Waals surface area contributed by atoms with Crippen LogP contribution in [0.25, 0.3) is 61.6 Å². The number of benzene rings is 4. The van der Waals surface area contributed by atoms with Gasteiger partial charge in [0, 0.05) is 53.9 Å². The van der Waals surface area contributed by atoms with Gasteiger partial charge in [-0.25, -0.2) is 9.97 Å². The number of aryl methyl sites for hydroxylation is 1. The van der Waals surface area contributed by atoms with Gasteiger partial charge < -0.3 is 14.0 Å². The van der Waals surface area contributed by atoms with Crippen LogP contribution in [0.15, 0.2) is 114 Å². The molecule has 0 saturated carbocycles. The fourth-order valence-electron chi connectivity index (χ4n) is 5.92. The molecule has 0 atom stereocenters. The molecule has 0 aliphatic heterocycles. The third kappa shape index (κ3) is 6.19. The van der Waals surface area contributed by atoms with Crippen LogP contribution in [0.3, 0.4) is 0 Å². The third-order valence-corrected chi connectivity index (χ3v) is 8.17. The quantitative estimate of drug-likeness (QED) is 0.162. The number of rotatable bonds is 5. The van der Waals surface area contributed by atoms with Crippen LogP contribution in [0.1, 0.15) is 60.3 Å². The topological polar surface area (TPSA) is 69.6 Å². The fourth-order valence-corrected chi connectivity index (χ4v) is 5.92. The maximum absolute atomic E-state index is 7.23. The number of nitrogens with zero attached hydrogens (tertiary/aromatic N) is 5. The van der Waals surface area contributed by atoms with Crippen molar-refractivity contribution in [2.24, 2.45) is 0 Å². The average Bonchev–Trinajstić information content (AvgIpc) is 3.70. The Bertz CT molecular complexity index is 2410. The van der Waals surface area contributed by atoms with E-state index in [0.717, 1.165) is 55.9 Å². The van der Waals surface area contributed by atoms with Crippen LogP contribution in [-0.2, 0) is 20.1 Å². The zero-order chi connectivity index (χ0) is 35.0. The zero-order valence-electron chi connectivity index (χ0n) is 30.0. The van der Waals surface area contributed by atoms with Crippen molar-refractivity contribution in [3.8, 4) is 28.3 Å². The predicted molar refractivity (Wildman–Crippen MR) is 190 cm³/mol. The second kappa shape index (κ2) is 14.0. The molecule has 0 unspecified atom stereocenters. The molecule has 0 aliphatic carbocycles. The maximum Gasteiger partial charge on any atom is 0.188 e. The Kier molecular flexibility index (Phi) is 8.53. The van der Waals surface area contributed by atoms with Gasteiger partial charge in [-0.3, -0.25) is 4.98 Å². The van der Waals surface area contributed by atoms with Gasteiger partial charge in [0.2, 0.25) is 0 Å². The molecule has 0 fully saturated rings. The van der Waals surface area contributed by atoms with E-state index < -0.39 is 6.85 Å². The van der Waals surface area contributed by atoms with Crippen LogP contribution in [0.4, 0.5) is 0 Å². The number of para-hydroxylation sites is 2. The van der Waals surface area contributed by atoms with Crippen LogP contribution in [0, 0.1) is 19.0 Å². The minimum atomic E-state index is -2.09. The first-order valence-electron chi connectivity index (χ1n) is 17.2. The molecule has 8 rings (SSSR count). The van der Waals surface area contributed by atoms with Gasteiger partial charge in [-0.05, 0) is 47.1 Å². The summed E-state index contributed by atoms with van der Waals surface area (Å²) in [5, 5.41) is 2.13. The normalized spacial score (nSPS) is 12.4. The average molecular weight is 809 g/mol. The van der Waals surface area contributed by atoms with Gasteiger partial charge in [0.1, 0.15) is 5.58 Å². The number of aromatic nitrogens is 5. The number of pyridine rings is 1. The smallest absolute Gasteiger partial charge is 0.188 e. The molecule has 4 heterocycles. The SMILES string of the molecule is CC(C)c1cccc(C(C)C)c1-n1c(-c2[c-]ccc3c2oc2ccccc23)nc2nccnc21.[2H]C([2H])([2H])c1ccc(-c2[c-]cccc2)nc1.[Ir]. The molecule has 0 N–H and O–H groups in total. The summed E-state index contributed by atoms with van der Waals surface area (Å²) < 4.78 is 30.2. The van der Waals surface area contributed by atoms with Gasteiger partial charge in [-0.2, -0.15) is 0 Å². The Morgan fingerprint density at radius 2 is 1.52 bits per heavy atom. The number of fused-ring (bicyclic) bond motifs is 4. The Morgan fingerprint density at radius 1 is 0.750 bits per heavy atom. The summed E-state index contributed by atoms with van der Waals surface area (Å²) in [5.74, 6) is 1.38. The third-order valence-electron chi connectivity index (χ3n) is 8.17. The van der Waals surface area contributed by atoms with Crippen molar-refractivity contribution in [3.05, 3.63) is 138 Å². The van der Waals surface area contributed by atoms with Crippen LogP contribution in [-0.4, -0.2) is 24.5 Å². The molecule has 6 nitrogen and oxygen atoms in total. The minimum absolute atomic E-state index is 0. The molecule has 4 aromatic carbocycles. The Morgan fingerprint density at radius 3 is 2.23 bits per heavy atom. The van der Waals surface area contributed by atoms with Crippen molar-refractivity contribution in [1.29, 1.82) is 0 Å². The van der Waals surface area contributed by atoms with Gasteiger partial charge in [0.05, 0.1) is 11.4 Å². The van der Waals surface area contributed by atoms with Gasteiger partial charge in [0.15, 0.2) is 11.3 Å². The largest absolute Gasteiger partial charge is 0.501 e. The van der Waals surface area contributed by atoms with Gasteiger partial charge in [-0.1, -0.05) is 87.2 Å². The van der Waals surface area contributed by atoms with Gasteiger partial charge in [-0.15, -0.1) is 54.1 Å². The van der Waals surface area contributed by atoms with Crippen LogP contribution in [0.5, 0.6) is 0 Å². The second-order valence-electron chi connectivity index (χ2n) is 12.0. The molecule has 4 aromatic heterocycles. The number of imidazole rings is 1. The van der Waals surface area contributed by atoms with Gasteiger partial charge in [0.25, 0.3) is 0 Å². The van der Waals surface area contributed by atoms with Gasteiger partial charge >= 0.3 is 0 Å². The standard InChI is InChI=1S/C29H25N4O.C12H10N.Ir/c1-17(2)19-10-7-11-20(18(3)4)25(19)33-28(32-27-29(33)31-16-15-30-27)23-13-8-12-22-21-9-5-6-14-24(21)34-26(22)23;1-10-7-8-12(13-9-10)11-5-3-2-4-6-11;/h5-12,14-18H,1-4H3;2-5,7-9H,1H3;/q2*-1;/i;1D3;. The molecular weight excluding hydrogens is 771 g/mol. The summed E-state index contributed by atoms with van der Waals surface area (Å²) in [6.07, 6.45) is 4.80. The monoisotopic (exact) mass is 809 g/mol. The maximum atomic E-state index is 7.23. The summed E-state index contributed by atoms with van der Waals surface area (Å²) in [4.78, 5) is 18.4. The zero-order valence-corrected chi connectivity index (χ0v) is 29.4. The van der Waals surface area contributed by atoms with E-state index in [1.54, 1.807) is 30.6 Å². The molecule has 0 aliphatic rings. The first kappa shape index (κ1) is 29.2. The molecule has 1 radical (unpaired) electrons. The minimum Gasteiger partial charge on any atom is -0.501 e. The van der Waals surface area contributed by atoms with E-state index in [0.29, 0.717) is 17.5 Å².